The van der Waals surface area contributed by atoms with Gasteiger partial charge < -0.3 is 9.64 Å². The molecule has 1 aliphatic carbocycles. The standard InChI is InChI=1S/C18H22BrNO/c19-15-2-1-14-3-6-18(17(14)13-15)7-9-20(10-8-18)16-4-11-21-12-5-16/h1-3,6,13,16H,4-5,7-12H2. The van der Waals surface area contributed by atoms with Crippen molar-refractivity contribution in [1.82, 2.24) is 4.90 Å². The molecule has 2 saturated heterocycles. The zero-order valence-electron chi connectivity index (χ0n) is 12.4. The zero-order valence-corrected chi connectivity index (χ0v) is 13.9. The molecule has 1 spiro atoms. The molecule has 0 radical (unpaired) electrons. The van der Waals surface area contributed by atoms with Gasteiger partial charge in [0, 0.05) is 29.1 Å². The maximum Gasteiger partial charge on any atom is 0.0480 e. The Kier molecular flexibility index (Phi) is 3.68. The third-order valence-corrected chi connectivity index (χ3v) is 6.02. The average molecular weight is 348 g/mol. The van der Waals surface area contributed by atoms with Gasteiger partial charge in [-0.2, -0.15) is 0 Å². The molecule has 0 amide bonds. The van der Waals surface area contributed by atoms with Crippen LogP contribution in [-0.4, -0.2) is 37.2 Å². The molecule has 2 nitrogen and oxygen atoms in total. The predicted molar refractivity (Wildman–Crippen MR) is 89.5 cm³/mol. The molecule has 0 saturated carbocycles. The molecular weight excluding hydrogens is 326 g/mol. The molecule has 0 unspecified atom stereocenters. The van der Waals surface area contributed by atoms with Gasteiger partial charge >= 0.3 is 0 Å². The summed E-state index contributed by atoms with van der Waals surface area (Å²) in [5.41, 5.74) is 3.24. The van der Waals surface area contributed by atoms with E-state index >= 15 is 0 Å². The van der Waals surface area contributed by atoms with E-state index in [9.17, 15) is 0 Å². The van der Waals surface area contributed by atoms with Gasteiger partial charge in [0.15, 0.2) is 0 Å². The lowest BCUT2D eigenvalue weighted by atomic mass is 9.74. The summed E-state index contributed by atoms with van der Waals surface area (Å²) >= 11 is 3.64. The zero-order chi connectivity index (χ0) is 14.3. The van der Waals surface area contributed by atoms with Crippen molar-refractivity contribution in [3.63, 3.8) is 0 Å². The van der Waals surface area contributed by atoms with E-state index < -0.39 is 0 Å². The highest BCUT2D eigenvalue weighted by molar-refractivity contribution is 9.10. The number of rotatable bonds is 1. The number of piperidine rings is 1. The van der Waals surface area contributed by atoms with Gasteiger partial charge in [-0.05, 0) is 62.0 Å². The van der Waals surface area contributed by atoms with Gasteiger partial charge in [0.2, 0.25) is 0 Å². The van der Waals surface area contributed by atoms with Crippen LogP contribution in [0.1, 0.15) is 36.8 Å². The number of hydrogen-bond donors (Lipinski definition) is 0. The molecule has 3 heteroatoms. The second-order valence-corrected chi connectivity index (χ2v) is 7.52. The average Bonchev–Trinajstić information content (AvgIpc) is 2.87. The number of benzene rings is 1. The van der Waals surface area contributed by atoms with Crippen molar-refractivity contribution in [2.24, 2.45) is 0 Å². The van der Waals surface area contributed by atoms with Crippen LogP contribution in [0.4, 0.5) is 0 Å². The van der Waals surface area contributed by atoms with E-state index in [-0.39, 0.29) is 0 Å². The SMILES string of the molecule is Brc1ccc2c(c1)C1(C=C2)CCN(C2CCOCC2)CC1. The monoisotopic (exact) mass is 347 g/mol. The van der Waals surface area contributed by atoms with Crippen LogP contribution in [0.25, 0.3) is 6.08 Å². The summed E-state index contributed by atoms with van der Waals surface area (Å²) in [7, 11) is 0. The molecule has 21 heavy (non-hydrogen) atoms. The molecule has 1 aromatic rings. The number of hydrogen-bond acceptors (Lipinski definition) is 2. The Morgan fingerprint density at radius 2 is 1.90 bits per heavy atom. The number of allylic oxidation sites excluding steroid dienone is 1. The van der Waals surface area contributed by atoms with Crippen LogP contribution >= 0.6 is 15.9 Å². The molecular formula is C18H22BrNO. The Bertz CT molecular complexity index is 554. The minimum Gasteiger partial charge on any atom is -0.381 e. The van der Waals surface area contributed by atoms with Gasteiger partial charge in [-0.15, -0.1) is 0 Å². The molecule has 0 aromatic heterocycles. The summed E-state index contributed by atoms with van der Waals surface area (Å²) < 4.78 is 6.71. The molecule has 112 valence electrons. The summed E-state index contributed by atoms with van der Waals surface area (Å²) in [6.07, 6.45) is 9.72. The Balaban J connectivity index is 1.51. The molecule has 2 heterocycles. The van der Waals surface area contributed by atoms with Crippen LogP contribution in [0.5, 0.6) is 0 Å². The molecule has 2 fully saturated rings. The van der Waals surface area contributed by atoms with Gasteiger partial charge in [-0.1, -0.05) is 34.1 Å². The number of nitrogens with zero attached hydrogens (tertiary/aromatic N) is 1. The summed E-state index contributed by atoms with van der Waals surface area (Å²) in [5.74, 6) is 0. The van der Waals surface area contributed by atoms with Crippen LogP contribution in [0, 0.1) is 0 Å². The highest BCUT2D eigenvalue weighted by Crippen LogP contribution is 2.45. The molecule has 0 atom stereocenters. The van der Waals surface area contributed by atoms with E-state index in [0.717, 1.165) is 19.3 Å². The first-order valence-corrected chi connectivity index (χ1v) is 8.87. The van der Waals surface area contributed by atoms with E-state index in [1.807, 2.05) is 0 Å². The number of fused-ring (bicyclic) bond motifs is 2. The second kappa shape index (κ2) is 5.53. The van der Waals surface area contributed by atoms with E-state index in [1.54, 1.807) is 0 Å². The lowest BCUT2D eigenvalue weighted by molar-refractivity contribution is 0.0210. The second-order valence-electron chi connectivity index (χ2n) is 6.60. The lowest BCUT2D eigenvalue weighted by Crippen LogP contribution is -2.47. The van der Waals surface area contributed by atoms with Crippen LogP contribution in [0.2, 0.25) is 0 Å². The number of halogens is 1. The fourth-order valence-electron chi connectivity index (χ4n) is 4.22. The highest BCUT2D eigenvalue weighted by atomic mass is 79.9. The summed E-state index contributed by atoms with van der Waals surface area (Å²) in [4.78, 5) is 2.71. The summed E-state index contributed by atoms with van der Waals surface area (Å²) in [5, 5.41) is 0. The van der Waals surface area contributed by atoms with E-state index in [2.05, 4.69) is 51.2 Å². The quantitative estimate of drug-likeness (QED) is 0.761. The Labute approximate surface area is 135 Å². The van der Waals surface area contributed by atoms with Crippen molar-refractivity contribution in [2.45, 2.75) is 37.1 Å². The third-order valence-electron chi connectivity index (χ3n) is 5.53. The number of ether oxygens (including phenoxy) is 1. The third kappa shape index (κ3) is 2.49. The predicted octanol–water partition coefficient (Wildman–Crippen LogP) is 3.99. The van der Waals surface area contributed by atoms with Crippen LogP contribution < -0.4 is 0 Å². The summed E-state index contributed by atoms with van der Waals surface area (Å²) in [6.45, 7) is 4.34. The van der Waals surface area contributed by atoms with Gasteiger partial charge in [-0.25, -0.2) is 0 Å². The molecule has 3 aliphatic rings. The van der Waals surface area contributed by atoms with Crippen molar-refractivity contribution in [1.29, 1.82) is 0 Å². The maximum atomic E-state index is 5.50. The van der Waals surface area contributed by atoms with Crippen LogP contribution in [0.3, 0.4) is 0 Å². The molecule has 1 aromatic carbocycles. The molecule has 4 rings (SSSR count). The lowest BCUT2D eigenvalue weighted by Gasteiger charge is -2.43. The Hall–Kier alpha value is -0.640. The first kappa shape index (κ1) is 14.0. The number of likely N-dealkylation sites (tertiary alicyclic amines) is 1. The van der Waals surface area contributed by atoms with E-state index in [0.29, 0.717) is 5.41 Å². The fourth-order valence-corrected chi connectivity index (χ4v) is 4.58. The Morgan fingerprint density at radius 3 is 2.67 bits per heavy atom. The van der Waals surface area contributed by atoms with Crippen molar-refractivity contribution in [3.8, 4) is 0 Å². The smallest absolute Gasteiger partial charge is 0.0480 e. The van der Waals surface area contributed by atoms with Crippen LogP contribution in [-0.2, 0) is 10.2 Å². The highest BCUT2D eigenvalue weighted by Gasteiger charge is 2.39. The summed E-state index contributed by atoms with van der Waals surface area (Å²) in [6, 6.07) is 7.48. The molecule has 0 bridgehead atoms. The van der Waals surface area contributed by atoms with Gasteiger partial charge in [0.1, 0.15) is 0 Å². The fraction of sp³-hybridized carbons (Fsp3) is 0.556. The minimum absolute atomic E-state index is 0.292. The first-order chi connectivity index (χ1) is 10.3. The Morgan fingerprint density at radius 1 is 1.14 bits per heavy atom. The van der Waals surface area contributed by atoms with Crippen LogP contribution in [0.15, 0.2) is 28.7 Å². The topological polar surface area (TPSA) is 12.5 Å². The van der Waals surface area contributed by atoms with Crippen molar-refractivity contribution in [2.75, 3.05) is 26.3 Å². The minimum atomic E-state index is 0.292. The van der Waals surface area contributed by atoms with E-state index in [1.165, 1.54) is 54.4 Å². The first-order valence-electron chi connectivity index (χ1n) is 8.08. The normalized spacial score (nSPS) is 25.4. The van der Waals surface area contributed by atoms with Gasteiger partial charge in [0.05, 0.1) is 0 Å². The van der Waals surface area contributed by atoms with Crippen molar-refractivity contribution < 1.29 is 4.74 Å². The van der Waals surface area contributed by atoms with Gasteiger partial charge in [-0.3, -0.25) is 0 Å². The van der Waals surface area contributed by atoms with Gasteiger partial charge in [0.25, 0.3) is 0 Å². The van der Waals surface area contributed by atoms with E-state index in [4.69, 9.17) is 4.74 Å². The van der Waals surface area contributed by atoms with Crippen molar-refractivity contribution >= 4 is 22.0 Å². The van der Waals surface area contributed by atoms with Crippen molar-refractivity contribution in [3.05, 3.63) is 39.9 Å². The molecule has 0 N–H and O–H groups in total. The maximum absolute atomic E-state index is 5.50. The molecule has 2 aliphatic heterocycles. The largest absolute Gasteiger partial charge is 0.381 e.